The summed E-state index contributed by atoms with van der Waals surface area (Å²) in [5.41, 5.74) is 10.2. The lowest BCUT2D eigenvalue weighted by molar-refractivity contribution is 0.660. The summed E-state index contributed by atoms with van der Waals surface area (Å²) in [7, 11) is 0. The third kappa shape index (κ3) is 5.43. The number of benzene rings is 12. The second-order valence-electron chi connectivity index (χ2n) is 19.5. The van der Waals surface area contributed by atoms with Gasteiger partial charge in [0, 0.05) is 33.2 Å². The van der Waals surface area contributed by atoms with Crippen LogP contribution < -0.4 is 4.90 Å². The van der Waals surface area contributed by atoms with Crippen molar-refractivity contribution in [3.8, 4) is 11.1 Å². The van der Waals surface area contributed by atoms with E-state index in [-0.39, 0.29) is 5.41 Å². The fraction of sp³-hybridized carbons (Fsp3) is 0.0448. The molecule has 69 heavy (non-hydrogen) atoms. The third-order valence-corrected chi connectivity index (χ3v) is 15.6. The number of furan rings is 1. The molecule has 1 aliphatic rings. The van der Waals surface area contributed by atoms with Crippen molar-refractivity contribution in [3.05, 3.63) is 236 Å². The molecule has 0 atom stereocenters. The van der Waals surface area contributed by atoms with Crippen molar-refractivity contribution >= 4 is 125 Å². The molecular weight excluding hydrogens is 835 g/mol. The minimum absolute atomic E-state index is 0.170. The minimum Gasteiger partial charge on any atom is -0.456 e. The van der Waals surface area contributed by atoms with Crippen LogP contribution in [0.25, 0.3) is 119 Å². The van der Waals surface area contributed by atoms with Crippen molar-refractivity contribution < 1.29 is 4.42 Å². The van der Waals surface area contributed by atoms with Gasteiger partial charge in [0.1, 0.15) is 11.2 Å². The van der Waals surface area contributed by atoms with Gasteiger partial charge in [-0.25, -0.2) is 0 Å². The Labute approximate surface area is 398 Å². The van der Waals surface area contributed by atoms with Crippen LogP contribution in [0.1, 0.15) is 25.0 Å². The Kier molecular flexibility index (Phi) is 7.87. The molecule has 0 bridgehead atoms. The number of hydrogen-bond acceptors (Lipinski definition) is 2. The van der Waals surface area contributed by atoms with Crippen LogP contribution in [0.15, 0.2) is 229 Å². The highest BCUT2D eigenvalue weighted by atomic mass is 16.3. The van der Waals surface area contributed by atoms with Crippen LogP contribution in [0.4, 0.5) is 17.1 Å². The van der Waals surface area contributed by atoms with E-state index in [1.165, 1.54) is 108 Å². The van der Waals surface area contributed by atoms with Crippen molar-refractivity contribution in [2.45, 2.75) is 19.3 Å². The zero-order valence-electron chi connectivity index (χ0n) is 38.2. The predicted octanol–water partition coefficient (Wildman–Crippen LogP) is 19.1. The molecule has 0 saturated heterocycles. The molecule has 322 valence electrons. The van der Waals surface area contributed by atoms with E-state index in [1.807, 2.05) is 6.07 Å². The molecule has 0 unspecified atom stereocenters. The summed E-state index contributed by atoms with van der Waals surface area (Å²) in [5, 5.41) is 22.1. The Morgan fingerprint density at radius 1 is 0.290 bits per heavy atom. The Bertz CT molecular complexity index is 4580. The molecule has 0 spiro atoms. The highest BCUT2D eigenvalue weighted by Gasteiger charge is 2.36. The number of nitrogens with zero attached hydrogens (tertiary/aromatic N) is 1. The van der Waals surface area contributed by atoms with E-state index < -0.39 is 0 Å². The van der Waals surface area contributed by atoms with Gasteiger partial charge in [0.15, 0.2) is 0 Å². The number of fused-ring (bicyclic) bond motifs is 17. The first kappa shape index (κ1) is 38.4. The minimum atomic E-state index is -0.170. The van der Waals surface area contributed by atoms with Crippen LogP contribution in [0, 0.1) is 0 Å². The van der Waals surface area contributed by atoms with Crippen LogP contribution in [0.2, 0.25) is 0 Å². The molecule has 2 heteroatoms. The first-order valence-corrected chi connectivity index (χ1v) is 24.1. The van der Waals surface area contributed by atoms with Crippen LogP contribution in [-0.4, -0.2) is 0 Å². The van der Waals surface area contributed by atoms with E-state index in [2.05, 4.69) is 237 Å². The van der Waals surface area contributed by atoms with E-state index >= 15 is 0 Å². The quantitative estimate of drug-likeness (QED) is 0.164. The van der Waals surface area contributed by atoms with Gasteiger partial charge in [-0.3, -0.25) is 0 Å². The summed E-state index contributed by atoms with van der Waals surface area (Å²) < 4.78 is 6.42. The lowest BCUT2D eigenvalue weighted by Gasteiger charge is -2.28. The molecule has 0 radical (unpaired) electrons. The van der Waals surface area contributed by atoms with E-state index in [1.54, 1.807) is 0 Å². The lowest BCUT2D eigenvalue weighted by atomic mass is 9.82. The smallest absolute Gasteiger partial charge is 0.135 e. The van der Waals surface area contributed by atoms with Gasteiger partial charge in [-0.05, 0) is 163 Å². The maximum absolute atomic E-state index is 6.42. The maximum atomic E-state index is 6.42. The number of anilines is 3. The van der Waals surface area contributed by atoms with Crippen molar-refractivity contribution in [3.63, 3.8) is 0 Å². The molecule has 1 heterocycles. The molecule has 0 fully saturated rings. The van der Waals surface area contributed by atoms with Crippen molar-refractivity contribution in [2.24, 2.45) is 0 Å². The van der Waals surface area contributed by atoms with E-state index in [9.17, 15) is 0 Å². The van der Waals surface area contributed by atoms with Gasteiger partial charge in [0.25, 0.3) is 0 Å². The predicted molar refractivity (Wildman–Crippen MR) is 295 cm³/mol. The summed E-state index contributed by atoms with van der Waals surface area (Å²) >= 11 is 0. The second kappa shape index (κ2) is 14.2. The van der Waals surface area contributed by atoms with Crippen LogP contribution in [0.3, 0.4) is 0 Å². The summed E-state index contributed by atoms with van der Waals surface area (Å²) in [6.07, 6.45) is 0. The van der Waals surface area contributed by atoms with Gasteiger partial charge < -0.3 is 9.32 Å². The van der Waals surface area contributed by atoms with Gasteiger partial charge in [0.05, 0.1) is 0 Å². The van der Waals surface area contributed by atoms with Crippen molar-refractivity contribution in [2.75, 3.05) is 4.90 Å². The Balaban J connectivity index is 1.11. The number of para-hydroxylation sites is 1. The van der Waals surface area contributed by atoms with Gasteiger partial charge >= 0.3 is 0 Å². The Hall–Kier alpha value is -8.72. The molecule has 15 rings (SSSR count). The monoisotopic (exact) mass is 877 g/mol. The van der Waals surface area contributed by atoms with Crippen molar-refractivity contribution in [1.29, 1.82) is 0 Å². The summed E-state index contributed by atoms with van der Waals surface area (Å²) in [4.78, 5) is 2.47. The molecule has 0 amide bonds. The fourth-order valence-corrected chi connectivity index (χ4v) is 12.4. The maximum Gasteiger partial charge on any atom is 0.135 e. The molecule has 0 saturated carbocycles. The van der Waals surface area contributed by atoms with Crippen LogP contribution in [0.5, 0.6) is 0 Å². The SMILES string of the molecule is CC1(C)c2ccccc2-c2ccc(N(c3ccc4oc5ccccc5c4c3)c3ccc4c(c3)c3ccccc3c3ccccc3c3ccccc3c3c4cc4ccc5cccc6ccc3c4c56)cc21. The Morgan fingerprint density at radius 2 is 0.797 bits per heavy atom. The van der Waals surface area contributed by atoms with Gasteiger partial charge in [-0.15, -0.1) is 0 Å². The van der Waals surface area contributed by atoms with Crippen LogP contribution in [-0.2, 0) is 5.41 Å². The van der Waals surface area contributed by atoms with Gasteiger partial charge in [0.2, 0.25) is 0 Å². The van der Waals surface area contributed by atoms with Crippen molar-refractivity contribution in [1.82, 2.24) is 0 Å². The summed E-state index contributed by atoms with van der Waals surface area (Å²) in [5.74, 6) is 0. The zero-order valence-corrected chi connectivity index (χ0v) is 38.2. The van der Waals surface area contributed by atoms with Gasteiger partial charge in [-0.2, -0.15) is 0 Å². The molecule has 1 aliphatic carbocycles. The molecular formula is C67H43NO. The first-order valence-electron chi connectivity index (χ1n) is 24.1. The fourth-order valence-electron chi connectivity index (χ4n) is 12.4. The standard InChI is InChI=1S/C67H43NO/c1-67(2)60-24-11-9-21-52(60)53-34-30-45(39-61(53)67)68(44-31-35-63-58(38-44)54-22-10-12-25-62(54)69-63)43-29-33-51-57(37-43)50-20-6-5-18-48(50)46-16-3-4-17-47(46)49-19-7-8-23-55(49)66-56-32-28-41-15-13-14-40-26-27-42(36-59(51)66)65(56)64(40)41/h3-39H,1-2H3. The van der Waals surface area contributed by atoms with E-state index in [0.717, 1.165) is 39.0 Å². The summed E-state index contributed by atoms with van der Waals surface area (Å²) in [6.45, 7) is 4.74. The molecule has 13 aromatic carbocycles. The normalized spacial score (nSPS) is 13.2. The zero-order chi connectivity index (χ0) is 45.5. The summed E-state index contributed by atoms with van der Waals surface area (Å²) in [6, 6.07) is 83.9. The third-order valence-electron chi connectivity index (χ3n) is 15.6. The topological polar surface area (TPSA) is 16.4 Å². The Morgan fingerprint density at radius 3 is 1.55 bits per heavy atom. The largest absolute Gasteiger partial charge is 0.456 e. The molecule has 1 aromatic heterocycles. The first-order chi connectivity index (χ1) is 34.0. The highest BCUT2D eigenvalue weighted by molar-refractivity contribution is 6.36. The van der Waals surface area contributed by atoms with Crippen LogP contribution >= 0.6 is 0 Å². The average Bonchev–Trinajstić information content (AvgIpc) is 3.88. The highest BCUT2D eigenvalue weighted by Crippen LogP contribution is 2.52. The lowest BCUT2D eigenvalue weighted by Crippen LogP contribution is -2.16. The van der Waals surface area contributed by atoms with E-state index in [4.69, 9.17) is 4.42 Å². The molecule has 14 aromatic rings. The average molecular weight is 878 g/mol. The van der Waals surface area contributed by atoms with Gasteiger partial charge in [-0.1, -0.05) is 184 Å². The molecule has 2 nitrogen and oxygen atoms in total. The molecule has 0 N–H and O–H groups in total. The number of hydrogen-bond donors (Lipinski definition) is 0. The second-order valence-corrected chi connectivity index (χ2v) is 19.5. The molecule has 0 aliphatic heterocycles. The van der Waals surface area contributed by atoms with E-state index in [0.29, 0.717) is 0 Å². The number of rotatable bonds is 3.